The van der Waals surface area contributed by atoms with Crippen molar-refractivity contribution in [3.05, 3.63) is 93.7 Å². The quantitative estimate of drug-likeness (QED) is 0.505. The van der Waals surface area contributed by atoms with Crippen LogP contribution in [0.5, 0.6) is 5.75 Å². The van der Waals surface area contributed by atoms with Gasteiger partial charge >= 0.3 is 0 Å². The Morgan fingerprint density at radius 1 is 1.09 bits per heavy atom. The number of carbonyl (C=O) groups excluding carboxylic acids is 1. The van der Waals surface area contributed by atoms with Gasteiger partial charge in [-0.3, -0.25) is 14.6 Å². The van der Waals surface area contributed by atoms with Crippen molar-refractivity contribution in [2.75, 3.05) is 5.32 Å². The number of benzene rings is 1. The maximum atomic E-state index is 12.5. The molecule has 9 nitrogen and oxygen atoms in total. The number of fused-ring (bicyclic) bond motifs is 1. The van der Waals surface area contributed by atoms with Gasteiger partial charge in [0.1, 0.15) is 18.2 Å². The van der Waals surface area contributed by atoms with Crippen LogP contribution in [-0.4, -0.2) is 30.9 Å². The summed E-state index contributed by atoms with van der Waals surface area (Å²) in [5, 5.41) is 13.9. The van der Waals surface area contributed by atoms with Gasteiger partial charge in [0.2, 0.25) is 5.91 Å². The summed E-state index contributed by atoms with van der Waals surface area (Å²) in [4.78, 5) is 28.1. The van der Waals surface area contributed by atoms with Crippen LogP contribution in [0.4, 0.5) is 5.82 Å². The number of nitrogens with one attached hydrogen (secondary N) is 2. The lowest BCUT2D eigenvalue weighted by Gasteiger charge is -2.24. The Kier molecular flexibility index (Phi) is 4.98. The maximum absolute atomic E-state index is 12.5. The molecule has 1 amide bonds. The molecule has 1 aliphatic rings. The highest BCUT2D eigenvalue weighted by Crippen LogP contribution is 2.40. The van der Waals surface area contributed by atoms with Crippen LogP contribution in [0, 0.1) is 6.92 Å². The molecule has 1 atom stereocenters. The second kappa shape index (κ2) is 8.10. The van der Waals surface area contributed by atoms with Crippen LogP contribution in [-0.2, 0) is 11.4 Å². The van der Waals surface area contributed by atoms with Crippen molar-refractivity contribution in [1.29, 1.82) is 0 Å². The Bertz CT molecular complexity index is 1310. The van der Waals surface area contributed by atoms with Crippen LogP contribution in [0.15, 0.2) is 65.6 Å². The number of hydrogen-bond donors (Lipinski definition) is 2. The first kappa shape index (κ1) is 19.7. The van der Waals surface area contributed by atoms with Crippen LogP contribution < -0.4 is 15.6 Å². The van der Waals surface area contributed by atoms with Gasteiger partial charge in [-0.1, -0.05) is 18.2 Å². The van der Waals surface area contributed by atoms with Crippen molar-refractivity contribution in [3.63, 3.8) is 0 Å². The van der Waals surface area contributed by atoms with Gasteiger partial charge in [-0.15, -0.1) is 0 Å². The molecule has 4 heterocycles. The van der Waals surface area contributed by atoms with Crippen molar-refractivity contribution in [2.24, 2.45) is 0 Å². The van der Waals surface area contributed by atoms with E-state index >= 15 is 0 Å². The fraction of sp³-hybridized carbons (Fsp3) is 0.174. The molecule has 0 spiro atoms. The van der Waals surface area contributed by atoms with Gasteiger partial charge in [-0.2, -0.15) is 14.9 Å². The first-order valence-corrected chi connectivity index (χ1v) is 10.2. The van der Waals surface area contributed by atoms with E-state index in [1.165, 1.54) is 6.07 Å². The molecule has 160 valence electrons. The molecule has 9 heteroatoms. The first-order valence-electron chi connectivity index (χ1n) is 10.2. The predicted octanol–water partition coefficient (Wildman–Crippen LogP) is 2.71. The zero-order valence-electron chi connectivity index (χ0n) is 17.3. The molecule has 1 aromatic carbocycles. The number of aromatic amines is 1. The molecule has 2 N–H and O–H groups in total. The van der Waals surface area contributed by atoms with Crippen molar-refractivity contribution < 1.29 is 9.53 Å². The molecule has 0 bridgehead atoms. The van der Waals surface area contributed by atoms with Crippen LogP contribution in [0.3, 0.4) is 0 Å². The van der Waals surface area contributed by atoms with E-state index in [1.807, 2.05) is 49.4 Å². The van der Waals surface area contributed by atoms with Crippen molar-refractivity contribution in [3.8, 4) is 11.6 Å². The highest BCUT2D eigenvalue weighted by atomic mass is 16.5. The Hall–Kier alpha value is -4.27. The monoisotopic (exact) mass is 428 g/mol. The largest absolute Gasteiger partial charge is 0.487 e. The number of nitrogens with zero attached hydrogens (tertiary/aromatic N) is 4. The lowest BCUT2D eigenvalue weighted by atomic mass is 9.86. The first-order chi connectivity index (χ1) is 15.6. The molecular formula is C23H20N6O3. The standard InChI is InChI=1S/C23H20N6O3/c1-14-22-18(15-5-7-17(8-6-15)32-13-16-4-2-3-11-24-16)12-21(31)25-23(22)29(28-14)19-9-10-20(30)27-26-19/h2-11,18H,12-13H2,1H3,(H,25,31)(H,27,30)/t18-/m0/s1. The number of anilines is 1. The average Bonchev–Trinajstić information content (AvgIpc) is 3.15. The van der Waals surface area contributed by atoms with Gasteiger partial charge in [0.25, 0.3) is 5.56 Å². The minimum atomic E-state index is -0.307. The second-order valence-corrected chi connectivity index (χ2v) is 7.52. The summed E-state index contributed by atoms with van der Waals surface area (Å²) in [6.45, 7) is 2.28. The Morgan fingerprint density at radius 3 is 2.66 bits per heavy atom. The summed E-state index contributed by atoms with van der Waals surface area (Å²) in [6, 6.07) is 16.4. The Balaban J connectivity index is 1.43. The molecule has 0 saturated heterocycles. The number of H-pyrrole nitrogens is 1. The van der Waals surface area contributed by atoms with Crippen molar-refractivity contribution in [1.82, 2.24) is 25.0 Å². The molecule has 5 rings (SSSR count). The van der Waals surface area contributed by atoms with Gasteiger partial charge in [0.05, 0.1) is 11.4 Å². The number of aromatic nitrogens is 5. The number of ether oxygens (including phenoxy) is 1. The highest BCUT2D eigenvalue weighted by molar-refractivity contribution is 5.95. The molecule has 0 fully saturated rings. The van der Waals surface area contributed by atoms with Gasteiger partial charge in [-0.25, -0.2) is 5.10 Å². The molecule has 0 radical (unpaired) electrons. The minimum absolute atomic E-state index is 0.108. The fourth-order valence-corrected chi connectivity index (χ4v) is 3.89. The Labute approximate surface area is 183 Å². The SMILES string of the molecule is Cc1nn(-c2ccc(=O)[nH]n2)c2c1[C@H](c1ccc(OCc3ccccn3)cc1)CC(=O)N2. The second-order valence-electron chi connectivity index (χ2n) is 7.52. The predicted molar refractivity (Wildman–Crippen MR) is 117 cm³/mol. The van der Waals surface area contributed by atoms with Crippen molar-refractivity contribution >= 4 is 11.7 Å². The van der Waals surface area contributed by atoms with Crippen LogP contribution in [0.2, 0.25) is 0 Å². The summed E-state index contributed by atoms with van der Waals surface area (Å²) in [7, 11) is 0. The normalized spacial score (nSPS) is 15.2. The van der Waals surface area contributed by atoms with Gasteiger partial charge in [0.15, 0.2) is 5.82 Å². The summed E-state index contributed by atoms with van der Waals surface area (Å²) in [5.41, 5.74) is 3.25. The van der Waals surface area contributed by atoms with Crippen molar-refractivity contribution in [2.45, 2.75) is 25.9 Å². The molecule has 32 heavy (non-hydrogen) atoms. The fourth-order valence-electron chi connectivity index (χ4n) is 3.89. The van der Waals surface area contributed by atoms with E-state index in [9.17, 15) is 9.59 Å². The summed E-state index contributed by atoms with van der Waals surface area (Å²) in [6.07, 6.45) is 2.05. The number of hydrogen-bond acceptors (Lipinski definition) is 6. The van der Waals surface area contributed by atoms with Crippen LogP contribution in [0.1, 0.15) is 34.9 Å². The molecule has 0 saturated carbocycles. The van der Waals surface area contributed by atoms with E-state index in [4.69, 9.17) is 4.74 Å². The zero-order chi connectivity index (χ0) is 22.1. The summed E-state index contributed by atoms with van der Waals surface area (Å²) < 4.78 is 7.38. The number of rotatable bonds is 5. The number of carbonyl (C=O) groups is 1. The highest BCUT2D eigenvalue weighted by Gasteiger charge is 2.32. The molecule has 0 aliphatic carbocycles. The third-order valence-electron chi connectivity index (χ3n) is 5.38. The molecule has 1 aliphatic heterocycles. The zero-order valence-corrected chi connectivity index (χ0v) is 17.3. The Morgan fingerprint density at radius 2 is 1.94 bits per heavy atom. The number of amides is 1. The molecule has 3 aromatic heterocycles. The summed E-state index contributed by atoms with van der Waals surface area (Å²) >= 11 is 0. The molecular weight excluding hydrogens is 408 g/mol. The smallest absolute Gasteiger partial charge is 0.264 e. The van der Waals surface area contributed by atoms with Gasteiger partial charge < -0.3 is 10.1 Å². The van der Waals surface area contributed by atoms with E-state index in [-0.39, 0.29) is 17.4 Å². The minimum Gasteiger partial charge on any atom is -0.487 e. The van der Waals surface area contributed by atoms with E-state index in [2.05, 4.69) is 25.6 Å². The van der Waals surface area contributed by atoms with Gasteiger partial charge in [-0.05, 0) is 42.8 Å². The topological polar surface area (TPSA) is 115 Å². The van der Waals surface area contributed by atoms with E-state index in [0.29, 0.717) is 24.7 Å². The van der Waals surface area contributed by atoms with E-state index in [1.54, 1.807) is 16.9 Å². The average molecular weight is 428 g/mol. The van der Waals surface area contributed by atoms with Crippen LogP contribution in [0.25, 0.3) is 5.82 Å². The van der Waals surface area contributed by atoms with Crippen LogP contribution >= 0.6 is 0 Å². The third kappa shape index (κ3) is 3.76. The lowest BCUT2D eigenvalue weighted by molar-refractivity contribution is -0.116. The number of pyridine rings is 1. The molecule has 4 aromatic rings. The van der Waals surface area contributed by atoms with E-state index in [0.717, 1.165) is 28.3 Å². The van der Waals surface area contributed by atoms with Gasteiger partial charge in [0, 0.05) is 30.2 Å². The maximum Gasteiger partial charge on any atom is 0.264 e. The lowest BCUT2D eigenvalue weighted by Crippen LogP contribution is -2.25. The summed E-state index contributed by atoms with van der Waals surface area (Å²) in [5.74, 6) is 1.46. The molecule has 0 unspecified atom stereocenters. The number of aryl methyl sites for hydroxylation is 1. The van der Waals surface area contributed by atoms with E-state index < -0.39 is 0 Å². The third-order valence-corrected chi connectivity index (χ3v) is 5.38.